The molecule has 1 aromatic carbocycles. The first-order valence-corrected chi connectivity index (χ1v) is 11.0. The number of anilines is 1. The van der Waals surface area contributed by atoms with Gasteiger partial charge < -0.3 is 9.73 Å². The Morgan fingerprint density at radius 1 is 1.06 bits per heavy atom. The number of aromatic nitrogens is 5. The summed E-state index contributed by atoms with van der Waals surface area (Å²) in [6.07, 6.45) is 6.48. The molecule has 0 atom stereocenters. The summed E-state index contributed by atoms with van der Waals surface area (Å²) in [5.74, 6) is 2.62. The van der Waals surface area contributed by atoms with E-state index in [2.05, 4.69) is 30.0 Å². The minimum atomic E-state index is -3.64. The molecule has 10 nitrogen and oxygen atoms in total. The fourth-order valence-corrected chi connectivity index (χ4v) is 3.99. The Bertz CT molecular complexity index is 1280. The van der Waals surface area contributed by atoms with Crippen LogP contribution in [0.25, 0.3) is 17.1 Å². The summed E-state index contributed by atoms with van der Waals surface area (Å²) in [6, 6.07) is 8.25. The minimum absolute atomic E-state index is 0.177. The van der Waals surface area contributed by atoms with Crippen molar-refractivity contribution < 1.29 is 12.8 Å². The van der Waals surface area contributed by atoms with Crippen LogP contribution in [0.5, 0.6) is 0 Å². The van der Waals surface area contributed by atoms with Crippen molar-refractivity contribution in [3.63, 3.8) is 0 Å². The van der Waals surface area contributed by atoms with Crippen LogP contribution in [0.2, 0.25) is 0 Å². The van der Waals surface area contributed by atoms with E-state index in [4.69, 9.17) is 4.42 Å². The number of benzene rings is 1. The maximum Gasteiger partial charge on any atom is 0.240 e. The van der Waals surface area contributed by atoms with Gasteiger partial charge in [-0.3, -0.25) is 4.57 Å². The average Bonchev–Trinajstić information content (AvgIpc) is 3.40. The highest BCUT2D eigenvalue weighted by atomic mass is 32.2. The molecular weight excluding hydrogens is 418 g/mol. The Morgan fingerprint density at radius 2 is 1.87 bits per heavy atom. The number of aryl methyl sites for hydroxylation is 2. The van der Waals surface area contributed by atoms with Gasteiger partial charge in [-0.15, -0.1) is 0 Å². The summed E-state index contributed by atoms with van der Waals surface area (Å²) >= 11 is 0. The first-order valence-electron chi connectivity index (χ1n) is 9.51. The number of hydrogen-bond acceptors (Lipinski definition) is 8. The fourth-order valence-electron chi connectivity index (χ4n) is 2.96. The zero-order valence-electron chi connectivity index (χ0n) is 17.0. The lowest BCUT2D eigenvalue weighted by molar-refractivity contribution is 0.521. The van der Waals surface area contributed by atoms with Crippen LogP contribution in [0.4, 0.5) is 5.82 Å². The molecule has 4 aromatic rings. The molecule has 0 radical (unpaired) electrons. The Labute approximate surface area is 179 Å². The molecule has 160 valence electrons. The summed E-state index contributed by atoms with van der Waals surface area (Å²) in [7, 11) is -3.64. The molecular formula is C20H21N7O3S. The summed E-state index contributed by atoms with van der Waals surface area (Å²) in [5.41, 5.74) is 1.44. The van der Waals surface area contributed by atoms with Crippen molar-refractivity contribution >= 4 is 15.8 Å². The van der Waals surface area contributed by atoms with Gasteiger partial charge in [-0.25, -0.2) is 33.1 Å². The Balaban J connectivity index is 1.34. The van der Waals surface area contributed by atoms with E-state index in [0.29, 0.717) is 29.8 Å². The van der Waals surface area contributed by atoms with Crippen molar-refractivity contribution in [1.82, 2.24) is 29.2 Å². The standard InChI is InChI=1S/C20H21N7O3S/c1-14-21-9-10-27(14)20-11-19(23-13-24-20)22-7-8-25-31(28,29)17-5-3-16(4-6-17)18-12-30-15(2)26-18/h3-6,9-13,25H,7-8H2,1-2H3,(H,22,23,24). The molecule has 0 spiro atoms. The first kappa shape index (κ1) is 20.7. The highest BCUT2D eigenvalue weighted by molar-refractivity contribution is 7.89. The number of nitrogens with one attached hydrogen (secondary N) is 2. The SMILES string of the molecule is Cc1nc(-c2ccc(S(=O)(=O)NCCNc3cc(-n4ccnc4C)ncn3)cc2)co1. The summed E-state index contributed by atoms with van der Waals surface area (Å²) in [5, 5.41) is 3.09. The molecule has 2 N–H and O–H groups in total. The van der Waals surface area contributed by atoms with Crippen LogP contribution < -0.4 is 10.0 Å². The maximum absolute atomic E-state index is 12.5. The van der Waals surface area contributed by atoms with Gasteiger partial charge in [0.15, 0.2) is 5.89 Å². The van der Waals surface area contributed by atoms with Gasteiger partial charge in [0.2, 0.25) is 10.0 Å². The third-order valence-electron chi connectivity index (χ3n) is 4.53. The third-order valence-corrected chi connectivity index (χ3v) is 6.00. The van der Waals surface area contributed by atoms with Gasteiger partial charge in [-0.2, -0.15) is 0 Å². The number of nitrogens with zero attached hydrogens (tertiary/aromatic N) is 5. The van der Waals surface area contributed by atoms with Gasteiger partial charge in [0.25, 0.3) is 0 Å². The van der Waals surface area contributed by atoms with Crippen molar-refractivity contribution in [3.05, 3.63) is 67.0 Å². The smallest absolute Gasteiger partial charge is 0.240 e. The van der Waals surface area contributed by atoms with Gasteiger partial charge >= 0.3 is 0 Å². The molecule has 0 fully saturated rings. The van der Waals surface area contributed by atoms with E-state index in [0.717, 1.165) is 11.4 Å². The number of oxazole rings is 1. The lowest BCUT2D eigenvalue weighted by Gasteiger charge is -2.10. The Kier molecular flexibility index (Phi) is 5.78. The van der Waals surface area contributed by atoms with E-state index in [1.54, 1.807) is 43.5 Å². The minimum Gasteiger partial charge on any atom is -0.449 e. The lowest BCUT2D eigenvalue weighted by Crippen LogP contribution is -2.29. The number of hydrogen-bond donors (Lipinski definition) is 2. The van der Waals surface area contributed by atoms with Gasteiger partial charge in [-0.1, -0.05) is 12.1 Å². The topological polar surface area (TPSA) is 128 Å². The largest absolute Gasteiger partial charge is 0.449 e. The molecule has 0 unspecified atom stereocenters. The molecule has 11 heteroatoms. The Hall–Kier alpha value is -3.57. The normalized spacial score (nSPS) is 11.5. The zero-order chi connectivity index (χ0) is 21.8. The zero-order valence-corrected chi connectivity index (χ0v) is 17.8. The summed E-state index contributed by atoms with van der Waals surface area (Å²) in [6.45, 7) is 4.18. The van der Waals surface area contributed by atoms with Crippen LogP contribution in [-0.4, -0.2) is 46.0 Å². The Morgan fingerprint density at radius 3 is 2.55 bits per heavy atom. The van der Waals surface area contributed by atoms with Crippen LogP contribution in [-0.2, 0) is 10.0 Å². The molecule has 3 aromatic heterocycles. The second kappa shape index (κ2) is 8.66. The van der Waals surface area contributed by atoms with Crippen LogP contribution in [0.1, 0.15) is 11.7 Å². The van der Waals surface area contributed by atoms with Gasteiger partial charge in [-0.05, 0) is 19.1 Å². The number of imidazole rings is 1. The van der Waals surface area contributed by atoms with Crippen molar-refractivity contribution in [2.75, 3.05) is 18.4 Å². The van der Waals surface area contributed by atoms with E-state index < -0.39 is 10.0 Å². The van der Waals surface area contributed by atoms with E-state index in [9.17, 15) is 8.42 Å². The predicted molar refractivity (Wildman–Crippen MR) is 114 cm³/mol. The summed E-state index contributed by atoms with van der Waals surface area (Å²) in [4.78, 5) is 17.0. The average molecular weight is 440 g/mol. The molecule has 3 heterocycles. The van der Waals surface area contributed by atoms with E-state index in [-0.39, 0.29) is 11.4 Å². The second-order valence-corrected chi connectivity index (χ2v) is 8.47. The second-order valence-electron chi connectivity index (χ2n) is 6.71. The lowest BCUT2D eigenvalue weighted by atomic mass is 10.2. The number of sulfonamides is 1. The van der Waals surface area contributed by atoms with Gasteiger partial charge in [0.1, 0.15) is 35.7 Å². The monoisotopic (exact) mass is 439 g/mol. The summed E-state index contributed by atoms with van der Waals surface area (Å²) < 4.78 is 34.7. The molecule has 0 bridgehead atoms. The molecule has 0 aliphatic heterocycles. The molecule has 0 saturated carbocycles. The van der Waals surface area contributed by atoms with Crippen LogP contribution in [0.3, 0.4) is 0 Å². The van der Waals surface area contributed by atoms with Crippen LogP contribution in [0.15, 0.2) is 64.6 Å². The van der Waals surface area contributed by atoms with Crippen molar-refractivity contribution in [3.8, 4) is 17.1 Å². The van der Waals surface area contributed by atoms with Crippen molar-refractivity contribution in [2.45, 2.75) is 18.7 Å². The van der Waals surface area contributed by atoms with Crippen molar-refractivity contribution in [1.29, 1.82) is 0 Å². The van der Waals surface area contributed by atoms with Crippen LogP contribution >= 0.6 is 0 Å². The highest BCUT2D eigenvalue weighted by Gasteiger charge is 2.14. The molecule has 0 aliphatic rings. The molecule has 31 heavy (non-hydrogen) atoms. The van der Waals surface area contributed by atoms with E-state index in [1.165, 1.54) is 12.6 Å². The van der Waals surface area contributed by atoms with Gasteiger partial charge in [0.05, 0.1) is 4.90 Å². The van der Waals surface area contributed by atoms with E-state index in [1.807, 2.05) is 17.7 Å². The van der Waals surface area contributed by atoms with Gasteiger partial charge in [0, 0.05) is 44.0 Å². The quantitative estimate of drug-likeness (QED) is 0.400. The maximum atomic E-state index is 12.5. The predicted octanol–water partition coefficient (Wildman–Crippen LogP) is 2.32. The highest BCUT2D eigenvalue weighted by Crippen LogP contribution is 2.20. The number of rotatable bonds is 8. The molecule has 0 amide bonds. The van der Waals surface area contributed by atoms with E-state index >= 15 is 0 Å². The molecule has 0 aliphatic carbocycles. The fraction of sp³-hybridized carbons (Fsp3) is 0.200. The molecule has 4 rings (SSSR count). The van der Waals surface area contributed by atoms with Crippen LogP contribution in [0, 0.1) is 13.8 Å². The molecule has 0 saturated heterocycles. The first-order chi connectivity index (χ1) is 14.9. The third kappa shape index (κ3) is 4.78. The van der Waals surface area contributed by atoms with Crippen molar-refractivity contribution in [2.24, 2.45) is 0 Å².